The second-order valence-electron chi connectivity index (χ2n) is 20.9. The third-order valence-electron chi connectivity index (χ3n) is 14.7. The highest BCUT2D eigenvalue weighted by atomic mass is 32.1. The van der Waals surface area contributed by atoms with Gasteiger partial charge >= 0.3 is 0 Å². The van der Waals surface area contributed by atoms with Crippen molar-refractivity contribution in [2.45, 2.75) is 104 Å². The van der Waals surface area contributed by atoms with Crippen LogP contribution in [0.25, 0.3) is 22.3 Å². The van der Waals surface area contributed by atoms with Gasteiger partial charge in [-0.3, -0.25) is 0 Å². The number of aryl methyl sites for hydroxylation is 1. The van der Waals surface area contributed by atoms with Crippen molar-refractivity contribution in [3.63, 3.8) is 0 Å². The molecule has 0 radical (unpaired) electrons. The van der Waals surface area contributed by atoms with Gasteiger partial charge in [0.2, 0.25) is 0 Å². The lowest BCUT2D eigenvalue weighted by Gasteiger charge is -2.46. The maximum atomic E-state index is 2.69. The average Bonchev–Trinajstić information content (AvgIpc) is 3.65. The minimum absolute atomic E-state index is 0.0283. The largest absolute Gasteiger partial charge is 0.311 e. The molecule has 0 fully saturated rings. The van der Waals surface area contributed by atoms with Crippen LogP contribution in [0, 0.1) is 6.92 Å². The Bertz CT molecular complexity index is 2900. The van der Waals surface area contributed by atoms with Crippen LogP contribution in [0.15, 0.2) is 127 Å². The molecule has 7 heterocycles. The number of thiophene rings is 1. The van der Waals surface area contributed by atoms with E-state index in [0.717, 1.165) is 0 Å². The Morgan fingerprint density at radius 3 is 1.95 bits per heavy atom. The third-order valence-corrected chi connectivity index (χ3v) is 16.3. The van der Waals surface area contributed by atoms with E-state index in [-0.39, 0.29) is 28.4 Å². The molecule has 7 aliphatic rings. The van der Waals surface area contributed by atoms with Crippen molar-refractivity contribution in [2.75, 3.05) is 9.80 Å². The number of rotatable bonds is 1. The molecule has 6 aromatic carbocycles. The second kappa shape index (κ2) is 12.6. The molecule has 1 aromatic heterocycles. The van der Waals surface area contributed by atoms with Gasteiger partial charge in [0.1, 0.15) is 0 Å². The number of benzene rings is 6. The smallest absolute Gasteiger partial charge is 0.264 e. The molecule has 0 spiro atoms. The minimum Gasteiger partial charge on any atom is -0.311 e. The van der Waals surface area contributed by atoms with Crippen LogP contribution >= 0.6 is 11.3 Å². The summed E-state index contributed by atoms with van der Waals surface area (Å²) < 4.78 is 1.48. The molecule has 1 aliphatic carbocycles. The first-order chi connectivity index (χ1) is 28.5. The molecule has 6 bridgehead atoms. The standard InChI is InChI=1S/C56H55BN2S/c1-34-31-46-49-47(32-34)59-44-18-14-12-16-41(44)35-19-22-38(23-20-35)56(9,10)42-17-13-11-15-40(42)36-21-28-45(59)43(33-36)57(49)52-50(48-51(60-52)55(7,8)30-29-54(48,5)6)58(46)39-26-24-37(25-27-39)53(2,3)4/h11-28,31-33H,29-30H2,1-10H3. The molecule has 60 heavy (non-hydrogen) atoms. The Morgan fingerprint density at radius 1 is 0.600 bits per heavy atom. The Morgan fingerprint density at radius 2 is 1.23 bits per heavy atom. The molecule has 7 aromatic rings. The molecule has 14 rings (SSSR count). The topological polar surface area (TPSA) is 6.48 Å². The quantitative estimate of drug-likeness (QED) is 0.153. The van der Waals surface area contributed by atoms with Crippen LogP contribution in [-0.2, 0) is 21.7 Å². The summed E-state index contributed by atoms with van der Waals surface area (Å²) in [4.78, 5) is 6.87. The molecule has 0 N–H and O–H groups in total. The maximum Gasteiger partial charge on any atom is 0.264 e. The SMILES string of the molecule is Cc1cc2c3c(c1)N(c1ccc(C(C)(C)C)cc1)c1c(sc4c1C(C)(C)CCC4(C)C)B3c1cc3ccc1N2c1ccccc1-c1ccc(cc1)C(C)(C)c1ccccc1-3. The molecule has 4 heteroatoms. The van der Waals surface area contributed by atoms with E-state index in [0.29, 0.717) is 0 Å². The summed E-state index contributed by atoms with van der Waals surface area (Å²) in [5.74, 6) is 0. The number of fused-ring (bicyclic) bond motifs is 4. The van der Waals surface area contributed by atoms with Gasteiger partial charge in [-0.2, -0.15) is 11.3 Å². The highest BCUT2D eigenvalue weighted by Gasteiger charge is 2.51. The van der Waals surface area contributed by atoms with Gasteiger partial charge in [-0.05, 0) is 128 Å². The van der Waals surface area contributed by atoms with Gasteiger partial charge in [0.15, 0.2) is 0 Å². The average molecular weight is 799 g/mol. The summed E-state index contributed by atoms with van der Waals surface area (Å²) >= 11 is 2.11. The summed E-state index contributed by atoms with van der Waals surface area (Å²) in [6.45, 7) is 24.1. The van der Waals surface area contributed by atoms with Crippen molar-refractivity contribution in [3.05, 3.63) is 160 Å². The first-order valence-electron chi connectivity index (χ1n) is 22.0. The second-order valence-corrected chi connectivity index (χ2v) is 22.0. The summed E-state index contributed by atoms with van der Waals surface area (Å²) in [6, 6.07) is 49.5. The number of hydrogen-bond acceptors (Lipinski definition) is 3. The monoisotopic (exact) mass is 798 g/mol. The fourth-order valence-electron chi connectivity index (χ4n) is 11.1. The summed E-state index contributed by atoms with van der Waals surface area (Å²) in [5.41, 5.74) is 22.4. The van der Waals surface area contributed by atoms with Crippen LogP contribution in [0.5, 0.6) is 0 Å². The van der Waals surface area contributed by atoms with Crippen molar-refractivity contribution in [1.29, 1.82) is 0 Å². The van der Waals surface area contributed by atoms with Crippen molar-refractivity contribution in [1.82, 2.24) is 0 Å². The van der Waals surface area contributed by atoms with Crippen molar-refractivity contribution >= 4 is 67.9 Å². The van der Waals surface area contributed by atoms with Gasteiger partial charge < -0.3 is 9.80 Å². The zero-order chi connectivity index (χ0) is 41.7. The van der Waals surface area contributed by atoms with Crippen molar-refractivity contribution < 1.29 is 0 Å². The molecule has 0 amide bonds. The fraction of sp³-hybridized carbons (Fsp3) is 0.286. The molecular formula is C56H55BN2S. The number of anilines is 6. The van der Waals surface area contributed by atoms with Crippen LogP contribution in [0.4, 0.5) is 34.1 Å². The van der Waals surface area contributed by atoms with E-state index in [1.165, 1.54) is 107 Å². The van der Waals surface area contributed by atoms with E-state index in [1.54, 1.807) is 10.4 Å². The summed E-state index contributed by atoms with van der Waals surface area (Å²) in [5, 5.41) is 0. The Hall–Kier alpha value is -5.32. The lowest BCUT2D eigenvalue weighted by Crippen LogP contribution is -2.60. The van der Waals surface area contributed by atoms with Gasteiger partial charge in [0.25, 0.3) is 6.71 Å². The molecule has 0 saturated carbocycles. The van der Waals surface area contributed by atoms with Gasteiger partial charge in [-0.25, -0.2) is 0 Å². The Kier molecular flexibility index (Phi) is 7.92. The number of nitrogens with zero attached hydrogens (tertiary/aromatic N) is 2. The molecule has 0 saturated heterocycles. The molecule has 6 aliphatic heterocycles. The normalized spacial score (nSPS) is 17.3. The van der Waals surface area contributed by atoms with E-state index in [4.69, 9.17) is 0 Å². The predicted molar refractivity (Wildman–Crippen MR) is 260 cm³/mol. The predicted octanol–water partition coefficient (Wildman–Crippen LogP) is 13.8. The van der Waals surface area contributed by atoms with Gasteiger partial charge in [0.05, 0.1) is 11.4 Å². The van der Waals surface area contributed by atoms with Gasteiger partial charge in [-0.1, -0.05) is 153 Å². The maximum absolute atomic E-state index is 2.69. The molecule has 0 atom stereocenters. The first kappa shape index (κ1) is 37.7. The van der Waals surface area contributed by atoms with Gasteiger partial charge in [-0.15, -0.1) is 0 Å². The lowest BCUT2D eigenvalue weighted by molar-refractivity contribution is 0.339. The molecule has 2 nitrogen and oxygen atoms in total. The van der Waals surface area contributed by atoms with Crippen LogP contribution < -0.4 is 25.5 Å². The van der Waals surface area contributed by atoms with Crippen molar-refractivity contribution in [3.8, 4) is 22.3 Å². The highest BCUT2D eigenvalue weighted by Crippen LogP contribution is 2.57. The first-order valence-corrected chi connectivity index (χ1v) is 22.8. The van der Waals surface area contributed by atoms with E-state index in [9.17, 15) is 0 Å². The number of hydrogen-bond donors (Lipinski definition) is 0. The van der Waals surface area contributed by atoms with Crippen LogP contribution in [0.3, 0.4) is 0 Å². The van der Waals surface area contributed by atoms with E-state index < -0.39 is 0 Å². The fourth-order valence-corrected chi connectivity index (χ4v) is 12.9. The van der Waals surface area contributed by atoms with Crippen LogP contribution in [0.1, 0.15) is 108 Å². The molecule has 0 unspecified atom stereocenters. The van der Waals surface area contributed by atoms with E-state index in [2.05, 4.69) is 218 Å². The van der Waals surface area contributed by atoms with Gasteiger partial charge in [0, 0.05) is 43.4 Å². The zero-order valence-electron chi connectivity index (χ0n) is 36.9. The highest BCUT2D eigenvalue weighted by molar-refractivity contribution is 7.29. The van der Waals surface area contributed by atoms with Crippen LogP contribution in [0.2, 0.25) is 0 Å². The number of para-hydroxylation sites is 1. The van der Waals surface area contributed by atoms with Crippen molar-refractivity contribution in [2.24, 2.45) is 0 Å². The Balaban J connectivity index is 1.29. The van der Waals surface area contributed by atoms with Crippen LogP contribution in [-0.4, -0.2) is 6.71 Å². The third kappa shape index (κ3) is 5.32. The minimum atomic E-state index is -0.205. The molecular weight excluding hydrogens is 744 g/mol. The van der Waals surface area contributed by atoms with E-state index >= 15 is 0 Å². The summed E-state index contributed by atoms with van der Waals surface area (Å²) in [6.07, 6.45) is 2.36. The molecule has 298 valence electrons. The lowest BCUT2D eigenvalue weighted by atomic mass is 9.35. The zero-order valence-corrected chi connectivity index (χ0v) is 37.7. The Labute approximate surface area is 362 Å². The summed E-state index contributed by atoms with van der Waals surface area (Å²) in [7, 11) is 0. The van der Waals surface area contributed by atoms with E-state index in [1.807, 2.05) is 0 Å².